The van der Waals surface area contributed by atoms with Crippen LogP contribution < -0.4 is 5.32 Å². The average Bonchev–Trinajstić information content (AvgIpc) is 2.31. The normalized spacial score (nSPS) is 13.7. The molecule has 0 aliphatic heterocycles. The molecular weight excluding hydrogens is 186 g/mol. The number of nitrogens with one attached hydrogen (secondary N) is 1. The zero-order chi connectivity index (χ0) is 11.3. The molecule has 2 heteroatoms. The molecule has 1 aliphatic carbocycles. The highest BCUT2D eigenvalue weighted by atomic mass is 16.1. The zero-order valence-corrected chi connectivity index (χ0v) is 9.76. The fourth-order valence-electron chi connectivity index (χ4n) is 1.80. The van der Waals surface area contributed by atoms with E-state index in [1.54, 1.807) is 0 Å². The van der Waals surface area contributed by atoms with Crippen molar-refractivity contribution in [2.75, 3.05) is 12.4 Å². The lowest BCUT2D eigenvalue weighted by Crippen LogP contribution is -2.10. The molecule has 1 N–H and O–H groups in total. The number of hydrogen-bond acceptors (Lipinski definition) is 2. The van der Waals surface area contributed by atoms with E-state index >= 15 is 0 Å². The summed E-state index contributed by atoms with van der Waals surface area (Å²) in [5.74, 6) is 0.295. The summed E-state index contributed by atoms with van der Waals surface area (Å²) in [5, 5.41) is 3.08. The summed E-state index contributed by atoms with van der Waals surface area (Å²) in [6, 6.07) is 5.97. The number of fused-ring (bicyclic) bond motifs is 1. The summed E-state index contributed by atoms with van der Waals surface area (Å²) < 4.78 is 0. The van der Waals surface area contributed by atoms with Gasteiger partial charge in [0.2, 0.25) is 0 Å². The minimum Gasteiger partial charge on any atom is -0.388 e. The van der Waals surface area contributed by atoms with Gasteiger partial charge in [-0.2, -0.15) is 0 Å². The van der Waals surface area contributed by atoms with Gasteiger partial charge < -0.3 is 5.32 Å². The monoisotopic (exact) mass is 205 g/mol. The SMILES string of the molecule is CC.CNc1ccc2c(c1)CCCC2=O. The van der Waals surface area contributed by atoms with Crippen LogP contribution in [0, 0.1) is 0 Å². The Morgan fingerprint density at radius 3 is 2.60 bits per heavy atom. The number of aryl methyl sites for hydroxylation is 1. The second kappa shape index (κ2) is 5.54. The van der Waals surface area contributed by atoms with Crippen molar-refractivity contribution < 1.29 is 4.79 Å². The van der Waals surface area contributed by atoms with Gasteiger partial charge in [0.05, 0.1) is 0 Å². The van der Waals surface area contributed by atoms with Crippen molar-refractivity contribution in [1.82, 2.24) is 0 Å². The van der Waals surface area contributed by atoms with Crippen LogP contribution in [0.15, 0.2) is 18.2 Å². The molecule has 0 amide bonds. The van der Waals surface area contributed by atoms with Crippen LogP contribution in [0.2, 0.25) is 0 Å². The van der Waals surface area contributed by atoms with E-state index < -0.39 is 0 Å². The summed E-state index contributed by atoms with van der Waals surface area (Å²) in [6.07, 6.45) is 2.75. The second-order valence-electron chi connectivity index (χ2n) is 3.40. The Morgan fingerprint density at radius 1 is 1.20 bits per heavy atom. The molecule has 0 atom stereocenters. The molecule has 2 rings (SSSR count). The van der Waals surface area contributed by atoms with E-state index in [4.69, 9.17) is 0 Å². The number of carbonyl (C=O) groups is 1. The van der Waals surface area contributed by atoms with Gasteiger partial charge in [0.15, 0.2) is 5.78 Å². The van der Waals surface area contributed by atoms with E-state index in [0.717, 1.165) is 24.1 Å². The van der Waals surface area contributed by atoms with E-state index in [2.05, 4.69) is 11.4 Å². The van der Waals surface area contributed by atoms with Gasteiger partial charge in [-0.3, -0.25) is 4.79 Å². The molecule has 15 heavy (non-hydrogen) atoms. The Hall–Kier alpha value is -1.31. The third-order valence-corrected chi connectivity index (χ3v) is 2.54. The number of carbonyl (C=O) groups excluding carboxylic acids is 1. The van der Waals surface area contributed by atoms with Crippen LogP contribution in [-0.2, 0) is 6.42 Å². The van der Waals surface area contributed by atoms with Crippen molar-refractivity contribution in [2.45, 2.75) is 33.1 Å². The highest BCUT2D eigenvalue weighted by Gasteiger charge is 2.16. The molecule has 0 unspecified atom stereocenters. The summed E-state index contributed by atoms with van der Waals surface area (Å²) in [6.45, 7) is 4.00. The van der Waals surface area contributed by atoms with Crippen molar-refractivity contribution in [3.63, 3.8) is 0 Å². The first-order valence-electron chi connectivity index (χ1n) is 5.65. The van der Waals surface area contributed by atoms with Crippen molar-refractivity contribution >= 4 is 11.5 Å². The van der Waals surface area contributed by atoms with Gasteiger partial charge in [0.25, 0.3) is 0 Å². The largest absolute Gasteiger partial charge is 0.388 e. The molecule has 0 heterocycles. The summed E-state index contributed by atoms with van der Waals surface area (Å²) in [7, 11) is 1.90. The molecule has 0 aromatic heterocycles. The van der Waals surface area contributed by atoms with Crippen LogP contribution in [0.4, 0.5) is 5.69 Å². The minimum absolute atomic E-state index is 0.295. The molecule has 2 nitrogen and oxygen atoms in total. The van der Waals surface area contributed by atoms with Crippen LogP contribution in [0.1, 0.15) is 42.6 Å². The molecule has 1 aliphatic rings. The predicted octanol–water partition coefficient (Wildman–Crippen LogP) is 3.27. The fourth-order valence-corrected chi connectivity index (χ4v) is 1.80. The van der Waals surface area contributed by atoms with Gasteiger partial charge in [-0.15, -0.1) is 0 Å². The molecular formula is C13H19NO. The quantitative estimate of drug-likeness (QED) is 0.762. The van der Waals surface area contributed by atoms with Crippen molar-refractivity contribution in [3.8, 4) is 0 Å². The Balaban J connectivity index is 0.000000531. The van der Waals surface area contributed by atoms with Crippen LogP contribution in [0.25, 0.3) is 0 Å². The maximum Gasteiger partial charge on any atom is 0.163 e. The first-order chi connectivity index (χ1) is 7.31. The number of hydrogen-bond donors (Lipinski definition) is 1. The Kier molecular flexibility index (Phi) is 4.35. The third-order valence-electron chi connectivity index (χ3n) is 2.54. The van der Waals surface area contributed by atoms with Crippen LogP contribution >= 0.6 is 0 Å². The van der Waals surface area contributed by atoms with Gasteiger partial charge in [-0.05, 0) is 36.6 Å². The number of ketones is 1. The topological polar surface area (TPSA) is 29.1 Å². The van der Waals surface area contributed by atoms with Crippen molar-refractivity contribution in [2.24, 2.45) is 0 Å². The van der Waals surface area contributed by atoms with E-state index in [1.807, 2.05) is 33.0 Å². The standard InChI is InChI=1S/C11H13NO.C2H6/c1-12-9-5-6-10-8(7-9)3-2-4-11(10)13;1-2/h5-7,12H,2-4H2,1H3;1-2H3. The number of Topliss-reactive ketones (excluding diaryl/α,β-unsaturated/α-hetero) is 1. The first kappa shape index (κ1) is 11.8. The van der Waals surface area contributed by atoms with Gasteiger partial charge in [0, 0.05) is 24.7 Å². The first-order valence-corrected chi connectivity index (χ1v) is 5.65. The number of benzene rings is 1. The van der Waals surface area contributed by atoms with Gasteiger partial charge in [0.1, 0.15) is 0 Å². The molecule has 1 aromatic carbocycles. The lowest BCUT2D eigenvalue weighted by Gasteiger charge is -2.15. The maximum absolute atomic E-state index is 11.5. The highest BCUT2D eigenvalue weighted by Crippen LogP contribution is 2.23. The third kappa shape index (κ3) is 2.58. The Morgan fingerprint density at radius 2 is 1.93 bits per heavy atom. The highest BCUT2D eigenvalue weighted by molar-refractivity contribution is 5.98. The minimum atomic E-state index is 0.295. The van der Waals surface area contributed by atoms with E-state index in [-0.39, 0.29) is 0 Å². The molecule has 1 aromatic rings. The lowest BCUT2D eigenvalue weighted by molar-refractivity contribution is 0.0972. The average molecular weight is 205 g/mol. The molecule has 0 spiro atoms. The molecule has 0 saturated heterocycles. The van der Waals surface area contributed by atoms with Gasteiger partial charge >= 0.3 is 0 Å². The van der Waals surface area contributed by atoms with Gasteiger partial charge in [-0.25, -0.2) is 0 Å². The summed E-state index contributed by atoms with van der Waals surface area (Å²) in [4.78, 5) is 11.5. The Bertz CT molecular complexity index is 344. The smallest absolute Gasteiger partial charge is 0.163 e. The molecule has 0 fully saturated rings. The predicted molar refractivity (Wildman–Crippen MR) is 64.6 cm³/mol. The van der Waals surface area contributed by atoms with Crippen LogP contribution in [0.3, 0.4) is 0 Å². The van der Waals surface area contributed by atoms with Crippen molar-refractivity contribution in [1.29, 1.82) is 0 Å². The van der Waals surface area contributed by atoms with Crippen LogP contribution in [0.5, 0.6) is 0 Å². The van der Waals surface area contributed by atoms with E-state index in [0.29, 0.717) is 12.2 Å². The van der Waals surface area contributed by atoms with Crippen LogP contribution in [-0.4, -0.2) is 12.8 Å². The maximum atomic E-state index is 11.5. The molecule has 82 valence electrons. The Labute approximate surface area is 91.7 Å². The number of anilines is 1. The summed E-state index contributed by atoms with van der Waals surface area (Å²) >= 11 is 0. The van der Waals surface area contributed by atoms with Crippen molar-refractivity contribution in [3.05, 3.63) is 29.3 Å². The zero-order valence-electron chi connectivity index (χ0n) is 9.76. The fraction of sp³-hybridized carbons (Fsp3) is 0.462. The molecule has 0 bridgehead atoms. The second-order valence-corrected chi connectivity index (χ2v) is 3.40. The number of rotatable bonds is 1. The summed E-state index contributed by atoms with van der Waals surface area (Å²) in [5.41, 5.74) is 3.21. The van der Waals surface area contributed by atoms with E-state index in [1.165, 1.54) is 5.56 Å². The molecule has 0 radical (unpaired) electrons. The van der Waals surface area contributed by atoms with Gasteiger partial charge in [-0.1, -0.05) is 13.8 Å². The molecule has 0 saturated carbocycles. The lowest BCUT2D eigenvalue weighted by atomic mass is 9.90. The van der Waals surface area contributed by atoms with E-state index in [9.17, 15) is 4.79 Å².